The van der Waals surface area contributed by atoms with E-state index < -0.39 is 0 Å². The second-order valence-corrected chi connectivity index (χ2v) is 6.46. The first-order valence-electron chi connectivity index (χ1n) is 8.40. The van der Waals surface area contributed by atoms with Crippen LogP contribution in [-0.4, -0.2) is 23.5 Å². The molecule has 134 valence electrons. The zero-order chi connectivity index (χ0) is 18.6. The van der Waals surface area contributed by atoms with Crippen LogP contribution in [0.25, 0.3) is 0 Å². The lowest BCUT2D eigenvalue weighted by Crippen LogP contribution is -2.33. The maximum absolute atomic E-state index is 12.2. The summed E-state index contributed by atoms with van der Waals surface area (Å²) in [5.74, 6) is 1.00. The molecule has 1 N–H and O–H groups in total. The molecule has 2 rings (SSSR count). The summed E-state index contributed by atoms with van der Waals surface area (Å²) in [5, 5.41) is 6.42. The Kier molecular flexibility index (Phi) is 5.96. The quantitative estimate of drug-likeness (QED) is 0.865. The van der Waals surface area contributed by atoms with Gasteiger partial charge in [0, 0.05) is 31.6 Å². The van der Waals surface area contributed by atoms with Crippen molar-refractivity contribution in [2.24, 2.45) is 0 Å². The monoisotopic (exact) mass is 343 g/mol. The fraction of sp³-hybridized carbons (Fsp3) is 0.421. The lowest BCUT2D eigenvalue weighted by atomic mass is 9.97. The summed E-state index contributed by atoms with van der Waals surface area (Å²) in [6.07, 6.45) is 0.178. The van der Waals surface area contributed by atoms with Gasteiger partial charge in [0.05, 0.1) is 0 Å². The van der Waals surface area contributed by atoms with Gasteiger partial charge in [-0.1, -0.05) is 37.2 Å². The molecule has 0 saturated carbocycles. The standard InChI is InChI=1S/C19H25N3O3/c1-12(2)16-8-6-7-13(3)19(16)22(15(5)23)10-9-18(24)20-17-11-14(4)25-21-17/h6-8,11-12H,9-10H2,1-5H3,(H,20,21,24). The Balaban J connectivity index is 2.14. The number of aryl methyl sites for hydroxylation is 2. The molecule has 0 spiro atoms. The van der Waals surface area contributed by atoms with E-state index in [0.717, 1.165) is 16.8 Å². The molecule has 0 aliphatic heterocycles. The average molecular weight is 343 g/mol. The predicted octanol–water partition coefficient (Wildman–Crippen LogP) is 3.80. The zero-order valence-electron chi connectivity index (χ0n) is 15.4. The molecule has 0 bridgehead atoms. The molecule has 1 heterocycles. The first-order chi connectivity index (χ1) is 11.8. The number of hydrogen-bond acceptors (Lipinski definition) is 4. The second kappa shape index (κ2) is 7.96. The highest BCUT2D eigenvalue weighted by Gasteiger charge is 2.20. The van der Waals surface area contributed by atoms with E-state index in [1.807, 2.05) is 25.1 Å². The van der Waals surface area contributed by atoms with Crippen LogP contribution in [0.15, 0.2) is 28.8 Å². The Bertz CT molecular complexity index is 765. The molecule has 0 fully saturated rings. The minimum atomic E-state index is -0.209. The Morgan fingerprint density at radius 3 is 2.56 bits per heavy atom. The van der Waals surface area contributed by atoms with Crippen molar-refractivity contribution in [3.63, 3.8) is 0 Å². The summed E-state index contributed by atoms with van der Waals surface area (Å²) < 4.78 is 4.93. The largest absolute Gasteiger partial charge is 0.360 e. The van der Waals surface area contributed by atoms with E-state index in [1.165, 1.54) is 6.92 Å². The SMILES string of the molecule is CC(=O)N(CCC(=O)Nc1cc(C)on1)c1c(C)cccc1C(C)C. The second-order valence-electron chi connectivity index (χ2n) is 6.46. The highest BCUT2D eigenvalue weighted by molar-refractivity contribution is 5.95. The number of carbonyl (C=O) groups excluding carboxylic acids is 2. The maximum Gasteiger partial charge on any atom is 0.227 e. The first kappa shape index (κ1) is 18.7. The van der Waals surface area contributed by atoms with Crippen molar-refractivity contribution in [3.8, 4) is 0 Å². The van der Waals surface area contributed by atoms with Crippen molar-refractivity contribution in [2.45, 2.75) is 47.0 Å². The number of para-hydroxylation sites is 1. The van der Waals surface area contributed by atoms with Gasteiger partial charge in [-0.05, 0) is 30.9 Å². The Morgan fingerprint density at radius 2 is 2.00 bits per heavy atom. The van der Waals surface area contributed by atoms with Gasteiger partial charge in [-0.15, -0.1) is 0 Å². The van der Waals surface area contributed by atoms with Crippen LogP contribution in [-0.2, 0) is 9.59 Å². The molecule has 1 aromatic heterocycles. The fourth-order valence-corrected chi connectivity index (χ4v) is 2.79. The minimum Gasteiger partial charge on any atom is -0.360 e. The number of amides is 2. The van der Waals surface area contributed by atoms with Crippen LogP contribution < -0.4 is 10.2 Å². The number of aromatic nitrogens is 1. The zero-order valence-corrected chi connectivity index (χ0v) is 15.4. The van der Waals surface area contributed by atoms with Gasteiger partial charge < -0.3 is 14.7 Å². The van der Waals surface area contributed by atoms with E-state index >= 15 is 0 Å². The van der Waals surface area contributed by atoms with Crippen LogP contribution in [0.4, 0.5) is 11.5 Å². The van der Waals surface area contributed by atoms with Crippen molar-refractivity contribution >= 4 is 23.3 Å². The maximum atomic E-state index is 12.2. The Morgan fingerprint density at radius 1 is 1.28 bits per heavy atom. The fourth-order valence-electron chi connectivity index (χ4n) is 2.79. The molecule has 0 aliphatic carbocycles. The summed E-state index contributed by atoms with van der Waals surface area (Å²) in [5.41, 5.74) is 3.02. The summed E-state index contributed by atoms with van der Waals surface area (Å²) in [4.78, 5) is 26.0. The van der Waals surface area contributed by atoms with E-state index in [0.29, 0.717) is 18.1 Å². The van der Waals surface area contributed by atoms with Gasteiger partial charge in [0.2, 0.25) is 11.8 Å². The molecule has 2 aromatic rings. The average Bonchev–Trinajstić information content (AvgIpc) is 2.93. The number of rotatable bonds is 6. The van der Waals surface area contributed by atoms with E-state index in [2.05, 4.69) is 24.3 Å². The van der Waals surface area contributed by atoms with Gasteiger partial charge in [-0.25, -0.2) is 0 Å². The molecular formula is C19H25N3O3. The van der Waals surface area contributed by atoms with Gasteiger partial charge >= 0.3 is 0 Å². The highest BCUT2D eigenvalue weighted by atomic mass is 16.5. The van der Waals surface area contributed by atoms with Gasteiger partial charge in [-0.3, -0.25) is 9.59 Å². The van der Waals surface area contributed by atoms with E-state index in [-0.39, 0.29) is 24.2 Å². The third-order valence-corrected chi connectivity index (χ3v) is 4.00. The summed E-state index contributed by atoms with van der Waals surface area (Å²) >= 11 is 0. The highest BCUT2D eigenvalue weighted by Crippen LogP contribution is 2.31. The van der Waals surface area contributed by atoms with Crippen LogP contribution in [0.2, 0.25) is 0 Å². The lowest BCUT2D eigenvalue weighted by molar-refractivity contribution is -0.117. The van der Waals surface area contributed by atoms with Crippen LogP contribution in [0.3, 0.4) is 0 Å². The molecule has 0 aliphatic rings. The molecule has 6 nitrogen and oxygen atoms in total. The van der Waals surface area contributed by atoms with Gasteiger partial charge in [0.15, 0.2) is 5.82 Å². The van der Waals surface area contributed by atoms with Gasteiger partial charge in [0.25, 0.3) is 0 Å². The van der Waals surface area contributed by atoms with Crippen LogP contribution in [0.1, 0.15) is 50.0 Å². The van der Waals surface area contributed by atoms with Crippen molar-refractivity contribution in [2.75, 3.05) is 16.8 Å². The third-order valence-electron chi connectivity index (χ3n) is 4.00. The number of carbonyl (C=O) groups is 2. The summed E-state index contributed by atoms with van der Waals surface area (Å²) in [7, 11) is 0. The number of anilines is 2. The molecule has 25 heavy (non-hydrogen) atoms. The van der Waals surface area contributed by atoms with E-state index in [1.54, 1.807) is 17.9 Å². The molecule has 0 radical (unpaired) electrons. The van der Waals surface area contributed by atoms with E-state index in [9.17, 15) is 9.59 Å². The van der Waals surface area contributed by atoms with Gasteiger partial charge in [0.1, 0.15) is 5.76 Å². The number of nitrogens with zero attached hydrogens (tertiary/aromatic N) is 2. The van der Waals surface area contributed by atoms with Gasteiger partial charge in [-0.2, -0.15) is 0 Å². The molecular weight excluding hydrogens is 318 g/mol. The number of benzene rings is 1. The Labute approximate surface area is 148 Å². The molecule has 2 amide bonds. The van der Waals surface area contributed by atoms with Crippen molar-refractivity contribution in [1.82, 2.24) is 5.16 Å². The smallest absolute Gasteiger partial charge is 0.227 e. The third kappa shape index (κ3) is 4.68. The number of hydrogen-bond donors (Lipinski definition) is 1. The van der Waals surface area contributed by atoms with Crippen LogP contribution in [0, 0.1) is 13.8 Å². The summed E-state index contributed by atoms with van der Waals surface area (Å²) in [6, 6.07) is 7.65. The van der Waals surface area contributed by atoms with E-state index in [4.69, 9.17) is 4.52 Å². The molecule has 1 aromatic carbocycles. The normalized spacial score (nSPS) is 10.8. The predicted molar refractivity (Wildman–Crippen MR) is 97.8 cm³/mol. The molecule has 0 atom stereocenters. The van der Waals surface area contributed by atoms with Crippen LogP contribution >= 0.6 is 0 Å². The molecule has 0 saturated heterocycles. The topological polar surface area (TPSA) is 75.4 Å². The minimum absolute atomic E-state index is 0.0821. The summed E-state index contributed by atoms with van der Waals surface area (Å²) in [6.45, 7) is 9.76. The number of nitrogens with one attached hydrogen (secondary N) is 1. The molecule has 0 unspecified atom stereocenters. The first-order valence-corrected chi connectivity index (χ1v) is 8.40. The Hall–Kier alpha value is -2.63. The van der Waals surface area contributed by atoms with Crippen molar-refractivity contribution < 1.29 is 14.1 Å². The van der Waals surface area contributed by atoms with Crippen molar-refractivity contribution in [1.29, 1.82) is 0 Å². The molecule has 6 heteroatoms. The lowest BCUT2D eigenvalue weighted by Gasteiger charge is -2.27. The van der Waals surface area contributed by atoms with Crippen LogP contribution in [0.5, 0.6) is 0 Å². The van der Waals surface area contributed by atoms with Crippen molar-refractivity contribution in [3.05, 3.63) is 41.2 Å².